The molecule has 0 atom stereocenters. The molecule has 0 bridgehead atoms. The Kier molecular flexibility index (Phi) is 5.81. The minimum atomic E-state index is -3.97. The van der Waals surface area contributed by atoms with Gasteiger partial charge in [-0.25, -0.2) is 13.1 Å². The number of nitrogens with one attached hydrogen (secondary N) is 2. The zero-order valence-corrected chi connectivity index (χ0v) is 17.2. The van der Waals surface area contributed by atoms with Crippen molar-refractivity contribution in [2.45, 2.75) is 38.6 Å². The molecule has 29 heavy (non-hydrogen) atoms. The van der Waals surface area contributed by atoms with E-state index in [2.05, 4.69) is 15.4 Å². The molecule has 3 aromatic rings. The van der Waals surface area contributed by atoms with Gasteiger partial charge < -0.3 is 0 Å². The lowest BCUT2D eigenvalue weighted by molar-refractivity contribution is 0.0939. The lowest BCUT2D eigenvalue weighted by atomic mass is 10.1. The zero-order chi connectivity index (χ0) is 21.2. The van der Waals surface area contributed by atoms with E-state index in [-0.39, 0.29) is 16.1 Å². The van der Waals surface area contributed by atoms with E-state index in [1.54, 1.807) is 43.3 Å². The molecular formula is C20H22N4O4S. The molecule has 3 rings (SSSR count). The van der Waals surface area contributed by atoms with Crippen molar-refractivity contribution in [2.75, 3.05) is 0 Å². The largest absolute Gasteiger partial charge is 0.287 e. The van der Waals surface area contributed by atoms with Crippen LogP contribution in [0.25, 0.3) is 10.8 Å². The Hall–Kier alpha value is -3.04. The number of fused-ring (bicyclic) bond motifs is 1. The first-order chi connectivity index (χ1) is 13.7. The molecule has 152 valence electrons. The Balaban J connectivity index is 1.94. The third-order valence-electron chi connectivity index (χ3n) is 4.44. The summed E-state index contributed by atoms with van der Waals surface area (Å²) >= 11 is 0. The van der Waals surface area contributed by atoms with Crippen molar-refractivity contribution in [1.29, 1.82) is 0 Å². The molecule has 2 N–H and O–H groups in total. The van der Waals surface area contributed by atoms with Crippen molar-refractivity contribution in [3.05, 3.63) is 69.6 Å². The van der Waals surface area contributed by atoms with E-state index < -0.39 is 15.9 Å². The fourth-order valence-electron chi connectivity index (χ4n) is 3.09. The molecule has 1 heterocycles. The summed E-state index contributed by atoms with van der Waals surface area (Å²) in [7, 11) is -3.97. The number of hydrogen-bond donors (Lipinski definition) is 2. The maximum Gasteiger partial charge on any atom is 0.287 e. The van der Waals surface area contributed by atoms with E-state index in [1.165, 1.54) is 10.7 Å². The first-order valence-corrected chi connectivity index (χ1v) is 10.6. The van der Waals surface area contributed by atoms with Crippen LogP contribution in [0.3, 0.4) is 0 Å². The van der Waals surface area contributed by atoms with Gasteiger partial charge in [-0.05, 0) is 38.0 Å². The Morgan fingerprint density at radius 1 is 1.10 bits per heavy atom. The highest BCUT2D eigenvalue weighted by Crippen LogP contribution is 2.16. The van der Waals surface area contributed by atoms with Crippen molar-refractivity contribution in [3.63, 3.8) is 0 Å². The Bertz CT molecular complexity index is 1250. The number of nitrogens with zero attached hydrogens (tertiary/aromatic N) is 2. The molecule has 0 aliphatic carbocycles. The molecule has 8 nitrogen and oxygen atoms in total. The van der Waals surface area contributed by atoms with E-state index in [0.717, 1.165) is 5.56 Å². The number of aromatic nitrogens is 2. The summed E-state index contributed by atoms with van der Waals surface area (Å²) in [6, 6.07) is 11.5. The van der Waals surface area contributed by atoms with Gasteiger partial charge in [0.15, 0.2) is 5.69 Å². The first kappa shape index (κ1) is 20.7. The molecule has 1 aromatic heterocycles. The van der Waals surface area contributed by atoms with Gasteiger partial charge in [-0.2, -0.15) is 5.10 Å². The van der Waals surface area contributed by atoms with Crippen molar-refractivity contribution in [3.8, 4) is 0 Å². The predicted molar refractivity (Wildman–Crippen MR) is 110 cm³/mol. The number of hydrogen-bond acceptors (Lipinski definition) is 5. The molecule has 2 aromatic carbocycles. The first-order valence-electron chi connectivity index (χ1n) is 9.14. The molecule has 0 aliphatic heterocycles. The third kappa shape index (κ3) is 4.20. The second-order valence-electron chi connectivity index (χ2n) is 6.75. The van der Waals surface area contributed by atoms with Gasteiger partial charge in [-0.1, -0.05) is 42.8 Å². The Morgan fingerprint density at radius 2 is 1.79 bits per heavy atom. The second-order valence-corrected chi connectivity index (χ2v) is 8.40. The maximum atomic E-state index is 12.7. The van der Waals surface area contributed by atoms with E-state index in [4.69, 9.17) is 0 Å². The molecule has 0 saturated heterocycles. The highest BCUT2D eigenvalue weighted by atomic mass is 32.2. The fourth-order valence-corrected chi connectivity index (χ4v) is 4.16. The number of rotatable bonds is 6. The second kappa shape index (κ2) is 8.14. The number of benzene rings is 2. The molecule has 0 saturated carbocycles. The minimum absolute atomic E-state index is 0.0306. The van der Waals surface area contributed by atoms with Crippen LogP contribution in [0.2, 0.25) is 0 Å². The monoisotopic (exact) mass is 414 g/mol. The lowest BCUT2D eigenvalue weighted by Crippen LogP contribution is -2.43. The zero-order valence-electron chi connectivity index (χ0n) is 16.4. The quantitative estimate of drug-likeness (QED) is 0.600. The van der Waals surface area contributed by atoms with Crippen LogP contribution in [-0.2, 0) is 16.6 Å². The molecule has 9 heteroatoms. The highest BCUT2D eigenvalue weighted by Gasteiger charge is 2.21. The molecule has 0 fully saturated rings. The summed E-state index contributed by atoms with van der Waals surface area (Å²) in [6.07, 6.45) is 0.658. The summed E-state index contributed by atoms with van der Waals surface area (Å²) < 4.78 is 26.4. The number of carbonyl (C=O) groups excluding carboxylic acids is 1. The van der Waals surface area contributed by atoms with Gasteiger partial charge in [0.25, 0.3) is 21.5 Å². The van der Waals surface area contributed by atoms with Crippen LogP contribution >= 0.6 is 0 Å². The number of hydrazine groups is 1. The Labute approximate surface area is 168 Å². The maximum absolute atomic E-state index is 12.7. The van der Waals surface area contributed by atoms with E-state index in [1.807, 2.05) is 13.8 Å². The van der Waals surface area contributed by atoms with Gasteiger partial charge in [0.2, 0.25) is 0 Å². The SMILES string of the molecule is CCCn1nc(C(=O)NNS(=O)(=O)c2ccc(C)cc2C)c2ccccc2c1=O. The van der Waals surface area contributed by atoms with Crippen LogP contribution in [-0.4, -0.2) is 24.1 Å². The number of aryl methyl sites for hydroxylation is 3. The number of sulfonamides is 1. The molecular weight excluding hydrogens is 392 g/mol. The van der Waals surface area contributed by atoms with Crippen LogP contribution in [0.15, 0.2) is 52.2 Å². The van der Waals surface area contributed by atoms with Gasteiger partial charge in [0, 0.05) is 11.9 Å². The summed E-state index contributed by atoms with van der Waals surface area (Å²) in [6.45, 7) is 5.78. The molecule has 0 aliphatic rings. The summed E-state index contributed by atoms with van der Waals surface area (Å²) in [5.41, 5.74) is 3.37. The summed E-state index contributed by atoms with van der Waals surface area (Å²) in [5, 5.41) is 4.85. The third-order valence-corrected chi connectivity index (χ3v) is 5.84. The average molecular weight is 414 g/mol. The van der Waals surface area contributed by atoms with Crippen LogP contribution < -0.4 is 15.8 Å². The number of carbonyl (C=O) groups is 1. The molecule has 1 amide bonds. The van der Waals surface area contributed by atoms with Gasteiger partial charge in [-0.3, -0.25) is 15.0 Å². The van der Waals surface area contributed by atoms with Crippen molar-refractivity contribution < 1.29 is 13.2 Å². The van der Waals surface area contributed by atoms with Crippen LogP contribution in [0.4, 0.5) is 0 Å². The molecule has 0 radical (unpaired) electrons. The number of amides is 1. The van der Waals surface area contributed by atoms with Gasteiger partial charge in [-0.15, -0.1) is 4.83 Å². The lowest BCUT2D eigenvalue weighted by Gasteiger charge is -2.13. The van der Waals surface area contributed by atoms with Gasteiger partial charge in [0.05, 0.1) is 10.3 Å². The average Bonchev–Trinajstić information content (AvgIpc) is 2.68. The topological polar surface area (TPSA) is 110 Å². The van der Waals surface area contributed by atoms with Gasteiger partial charge in [0.1, 0.15) is 0 Å². The summed E-state index contributed by atoms with van der Waals surface area (Å²) in [4.78, 5) is 27.4. The standard InChI is InChI=1S/C20H22N4O4S/c1-4-11-24-20(26)16-8-6-5-7-15(16)18(22-24)19(25)21-23-29(27,28)17-10-9-13(2)12-14(17)3/h5-10,12,23H,4,11H2,1-3H3,(H,21,25). The van der Waals surface area contributed by atoms with E-state index >= 15 is 0 Å². The highest BCUT2D eigenvalue weighted by molar-refractivity contribution is 7.89. The van der Waals surface area contributed by atoms with E-state index in [0.29, 0.717) is 29.3 Å². The van der Waals surface area contributed by atoms with Crippen LogP contribution in [0, 0.1) is 13.8 Å². The molecule has 0 spiro atoms. The summed E-state index contributed by atoms with van der Waals surface area (Å²) in [5.74, 6) is -0.751. The normalized spacial score (nSPS) is 11.6. The van der Waals surface area contributed by atoms with Crippen LogP contribution in [0.1, 0.15) is 35.0 Å². The fraction of sp³-hybridized carbons (Fsp3) is 0.250. The van der Waals surface area contributed by atoms with Crippen molar-refractivity contribution in [2.24, 2.45) is 0 Å². The van der Waals surface area contributed by atoms with Gasteiger partial charge >= 0.3 is 0 Å². The smallest absolute Gasteiger partial charge is 0.272 e. The Morgan fingerprint density at radius 3 is 2.45 bits per heavy atom. The van der Waals surface area contributed by atoms with Crippen LogP contribution in [0.5, 0.6) is 0 Å². The molecule has 0 unspecified atom stereocenters. The van der Waals surface area contributed by atoms with Crippen molar-refractivity contribution >= 4 is 26.7 Å². The van der Waals surface area contributed by atoms with E-state index in [9.17, 15) is 18.0 Å². The predicted octanol–water partition coefficient (Wildman–Crippen LogP) is 2.05. The van der Waals surface area contributed by atoms with Crippen molar-refractivity contribution in [1.82, 2.24) is 20.0 Å². The minimum Gasteiger partial charge on any atom is -0.272 e.